The van der Waals surface area contributed by atoms with E-state index in [1.165, 1.54) is 23.0 Å². The summed E-state index contributed by atoms with van der Waals surface area (Å²) in [5, 5.41) is 36.2. The highest BCUT2D eigenvalue weighted by Crippen LogP contribution is 2.51. The zero-order valence-corrected chi connectivity index (χ0v) is 21.6. The number of ether oxygens (including phenoxy) is 2. The van der Waals surface area contributed by atoms with Gasteiger partial charge in [0.2, 0.25) is 5.28 Å². The standard InChI is InChI=1S/C22H26ClFN5O8P/c1-22(9-30,38(33,34)35)36-8-15-16(31)17(32)20(37-15)29-19-13(7-25-29)18(27-21(23)28-19)26-14-5-3-10-2-4-11(24)6-12(10)14/h2,4,6-7,14-17,20,30-32H,3,5,8-9H2,1H3,(H,26,27,28)(H2,33,34,35)/t14-,15?,16-,17-,20-,22?/m1/s1. The molecule has 0 bridgehead atoms. The van der Waals surface area contributed by atoms with Crippen LogP contribution in [0.2, 0.25) is 5.28 Å². The molecule has 38 heavy (non-hydrogen) atoms. The maximum Gasteiger partial charge on any atom is 0.359 e. The molecule has 6 N–H and O–H groups in total. The molecule has 0 spiro atoms. The number of aryl methyl sites for hydroxylation is 1. The van der Waals surface area contributed by atoms with Gasteiger partial charge in [0, 0.05) is 0 Å². The number of aliphatic hydroxyl groups is 3. The molecule has 2 aromatic heterocycles. The van der Waals surface area contributed by atoms with Crippen molar-refractivity contribution in [3.63, 3.8) is 0 Å². The Morgan fingerprint density at radius 2 is 2.08 bits per heavy atom. The Hall–Kier alpha value is -2.26. The predicted molar refractivity (Wildman–Crippen MR) is 131 cm³/mol. The third-order valence-electron chi connectivity index (χ3n) is 6.97. The van der Waals surface area contributed by atoms with Crippen LogP contribution in [0.25, 0.3) is 11.0 Å². The van der Waals surface area contributed by atoms with Crippen LogP contribution in [0.1, 0.15) is 36.7 Å². The SMILES string of the molecule is CC(CO)(OCC1O[C@@H](n2ncc3c(N[C@@H]4CCc5ccc(F)cc54)nc(Cl)nc32)[C@H](O)[C@@H]1O)P(=O)(O)O. The van der Waals surface area contributed by atoms with Gasteiger partial charge in [-0.3, -0.25) is 4.57 Å². The van der Waals surface area contributed by atoms with Crippen molar-refractivity contribution in [1.82, 2.24) is 19.7 Å². The number of aliphatic hydroxyl groups excluding tert-OH is 3. The van der Waals surface area contributed by atoms with Crippen LogP contribution in [0.15, 0.2) is 24.4 Å². The summed E-state index contributed by atoms with van der Waals surface area (Å²) in [4.78, 5) is 27.4. The second-order valence-electron chi connectivity index (χ2n) is 9.48. The summed E-state index contributed by atoms with van der Waals surface area (Å²) in [6, 6.07) is 4.41. The molecule has 3 heterocycles. The van der Waals surface area contributed by atoms with Gasteiger partial charge in [-0.05, 0) is 54.6 Å². The normalized spacial score (nSPS) is 27.0. The van der Waals surface area contributed by atoms with Crippen molar-refractivity contribution in [1.29, 1.82) is 0 Å². The minimum Gasteiger partial charge on any atom is -0.393 e. The lowest BCUT2D eigenvalue weighted by Gasteiger charge is -2.29. The highest BCUT2D eigenvalue weighted by Gasteiger charge is 2.48. The average molecular weight is 574 g/mol. The Morgan fingerprint density at radius 3 is 2.79 bits per heavy atom. The summed E-state index contributed by atoms with van der Waals surface area (Å²) in [6.07, 6.45) is -2.61. The molecule has 1 aromatic carbocycles. The largest absolute Gasteiger partial charge is 0.393 e. The Kier molecular flexibility index (Phi) is 7.22. The van der Waals surface area contributed by atoms with Gasteiger partial charge in [0.25, 0.3) is 0 Å². The van der Waals surface area contributed by atoms with E-state index >= 15 is 0 Å². The number of nitrogens with zero attached hydrogens (tertiary/aromatic N) is 4. The van der Waals surface area contributed by atoms with Crippen LogP contribution < -0.4 is 5.32 Å². The van der Waals surface area contributed by atoms with Crippen LogP contribution in [-0.4, -0.2) is 81.7 Å². The van der Waals surface area contributed by atoms with E-state index in [9.17, 15) is 34.1 Å². The molecule has 16 heteroatoms. The van der Waals surface area contributed by atoms with Crippen LogP contribution in [0.4, 0.5) is 10.2 Å². The average Bonchev–Trinajstić information content (AvgIpc) is 3.53. The van der Waals surface area contributed by atoms with Gasteiger partial charge in [-0.25, -0.2) is 9.07 Å². The molecule has 1 aliphatic carbocycles. The van der Waals surface area contributed by atoms with Crippen molar-refractivity contribution >= 4 is 36.0 Å². The Morgan fingerprint density at radius 1 is 1.32 bits per heavy atom. The number of fused-ring (bicyclic) bond motifs is 2. The maximum absolute atomic E-state index is 13.9. The minimum absolute atomic E-state index is 0.132. The van der Waals surface area contributed by atoms with Gasteiger partial charge in [-0.1, -0.05) is 6.07 Å². The molecule has 3 aromatic rings. The van der Waals surface area contributed by atoms with E-state index in [1.54, 1.807) is 6.07 Å². The van der Waals surface area contributed by atoms with Gasteiger partial charge < -0.3 is 39.9 Å². The number of rotatable bonds is 8. The molecular weight excluding hydrogens is 548 g/mol. The van der Waals surface area contributed by atoms with E-state index < -0.39 is 50.7 Å². The lowest BCUT2D eigenvalue weighted by atomic mass is 10.1. The molecule has 6 atom stereocenters. The molecular formula is C22H26ClFN5O8P. The first kappa shape index (κ1) is 27.3. The highest BCUT2D eigenvalue weighted by atomic mass is 35.5. The van der Waals surface area contributed by atoms with E-state index in [0.717, 1.165) is 24.5 Å². The van der Waals surface area contributed by atoms with Gasteiger partial charge in [-0.2, -0.15) is 15.1 Å². The molecule has 13 nitrogen and oxygen atoms in total. The summed E-state index contributed by atoms with van der Waals surface area (Å²) in [5.74, 6) is -0.0117. The number of benzene rings is 1. The van der Waals surface area contributed by atoms with Crippen molar-refractivity contribution in [3.8, 4) is 0 Å². The van der Waals surface area contributed by atoms with Crippen LogP contribution in [0, 0.1) is 5.82 Å². The molecule has 0 amide bonds. The number of aromatic nitrogens is 4. The zero-order valence-electron chi connectivity index (χ0n) is 20.0. The van der Waals surface area contributed by atoms with Crippen LogP contribution in [0.5, 0.6) is 0 Å². The molecule has 1 saturated heterocycles. The monoisotopic (exact) mass is 573 g/mol. The van der Waals surface area contributed by atoms with Crippen molar-refractivity contribution < 1.29 is 43.5 Å². The summed E-state index contributed by atoms with van der Waals surface area (Å²) in [7, 11) is -4.87. The second-order valence-corrected chi connectivity index (χ2v) is 11.9. The van der Waals surface area contributed by atoms with Crippen LogP contribution in [-0.2, 0) is 20.5 Å². The number of anilines is 1. The number of hydrogen-bond acceptors (Lipinski definition) is 10. The second kappa shape index (κ2) is 10.0. The smallest absolute Gasteiger partial charge is 0.359 e. The first-order chi connectivity index (χ1) is 17.9. The molecule has 206 valence electrons. The lowest BCUT2D eigenvalue weighted by Crippen LogP contribution is -2.39. The van der Waals surface area contributed by atoms with Crippen LogP contribution >= 0.6 is 19.2 Å². The zero-order chi connectivity index (χ0) is 27.4. The Balaban J connectivity index is 1.39. The van der Waals surface area contributed by atoms with Gasteiger partial charge in [-0.15, -0.1) is 0 Å². The number of nitrogens with one attached hydrogen (secondary N) is 1. The Labute approximate surface area is 220 Å². The van der Waals surface area contributed by atoms with Gasteiger partial charge in [0.05, 0.1) is 30.8 Å². The molecule has 1 aliphatic heterocycles. The van der Waals surface area contributed by atoms with Gasteiger partial charge >= 0.3 is 7.60 Å². The van der Waals surface area contributed by atoms with Crippen molar-refractivity contribution in [2.24, 2.45) is 0 Å². The fraction of sp³-hybridized carbons (Fsp3) is 0.500. The van der Waals surface area contributed by atoms with E-state index in [4.69, 9.17) is 21.1 Å². The summed E-state index contributed by atoms with van der Waals surface area (Å²) >= 11 is 6.19. The topological polar surface area (TPSA) is 192 Å². The van der Waals surface area contributed by atoms with Crippen LogP contribution in [0.3, 0.4) is 0 Å². The van der Waals surface area contributed by atoms with E-state index in [2.05, 4.69) is 20.4 Å². The maximum atomic E-state index is 13.9. The minimum atomic E-state index is -4.87. The third-order valence-corrected chi connectivity index (χ3v) is 8.64. The van der Waals surface area contributed by atoms with Gasteiger partial charge in [0.1, 0.15) is 29.9 Å². The first-order valence-corrected chi connectivity index (χ1v) is 13.7. The third kappa shape index (κ3) is 4.81. The van der Waals surface area contributed by atoms with E-state index in [-0.39, 0.29) is 22.8 Å². The number of halogens is 2. The molecule has 1 fully saturated rings. The summed E-state index contributed by atoms with van der Waals surface area (Å²) < 4.78 is 37.7. The molecule has 2 aliphatic rings. The fourth-order valence-electron chi connectivity index (χ4n) is 4.64. The van der Waals surface area contributed by atoms with Crippen molar-refractivity contribution in [2.45, 2.75) is 55.7 Å². The fourth-order valence-corrected chi connectivity index (χ4v) is 5.23. The quantitative estimate of drug-likeness (QED) is 0.167. The summed E-state index contributed by atoms with van der Waals surface area (Å²) in [5.41, 5.74) is 2.01. The van der Waals surface area contributed by atoms with Crippen molar-refractivity contribution in [2.75, 3.05) is 18.5 Å². The predicted octanol–water partition coefficient (Wildman–Crippen LogP) is 1.24. The van der Waals surface area contributed by atoms with E-state index in [0.29, 0.717) is 17.6 Å². The number of hydrogen-bond donors (Lipinski definition) is 6. The lowest BCUT2D eigenvalue weighted by molar-refractivity contribution is -0.104. The van der Waals surface area contributed by atoms with Crippen molar-refractivity contribution in [3.05, 3.63) is 46.6 Å². The molecule has 5 rings (SSSR count). The van der Waals surface area contributed by atoms with Gasteiger partial charge in [0.15, 0.2) is 17.2 Å². The van der Waals surface area contributed by atoms with E-state index in [1.807, 2.05) is 0 Å². The molecule has 2 unspecified atom stereocenters. The molecule has 0 saturated carbocycles. The molecule has 0 radical (unpaired) electrons. The first-order valence-electron chi connectivity index (χ1n) is 11.7. The summed E-state index contributed by atoms with van der Waals surface area (Å²) in [6.45, 7) is -0.510. The Bertz CT molecular complexity index is 1410. The highest BCUT2D eigenvalue weighted by molar-refractivity contribution is 7.53.